The number of rotatable bonds is 7. The summed E-state index contributed by atoms with van der Waals surface area (Å²) in [5.74, 6) is -1.32. The Bertz CT molecular complexity index is 474. The van der Waals surface area contributed by atoms with E-state index in [1.54, 1.807) is 0 Å². The van der Waals surface area contributed by atoms with Crippen LogP contribution in [0.1, 0.15) is 37.8 Å². The Morgan fingerprint density at radius 3 is 2.45 bits per heavy atom. The number of aliphatic carboxylic acids is 1. The molecular weight excluding hydrogens is 297 g/mol. The molecule has 20 heavy (non-hydrogen) atoms. The Labute approximate surface area is 116 Å². The van der Waals surface area contributed by atoms with Crippen molar-refractivity contribution in [2.75, 3.05) is 5.32 Å². The van der Waals surface area contributed by atoms with Crippen molar-refractivity contribution in [1.82, 2.24) is 4.98 Å². The Hall–Kier alpha value is -1.64. The first-order chi connectivity index (χ1) is 9.29. The highest BCUT2D eigenvalue weighted by atomic mass is 32.1. The first kappa shape index (κ1) is 16.4. The number of aromatic nitrogens is 1. The summed E-state index contributed by atoms with van der Waals surface area (Å²) in [5, 5.41) is 11.4. The van der Waals surface area contributed by atoms with E-state index in [4.69, 9.17) is 5.11 Å². The van der Waals surface area contributed by atoms with Gasteiger partial charge in [0.05, 0.1) is 0 Å². The van der Waals surface area contributed by atoms with Crippen LogP contribution in [-0.4, -0.2) is 22.0 Å². The predicted molar refractivity (Wildman–Crippen MR) is 66.5 cm³/mol. The molecule has 0 aromatic carbocycles. The zero-order valence-electron chi connectivity index (χ0n) is 10.4. The number of carboxylic acid groups (broad SMARTS) is 1. The summed E-state index contributed by atoms with van der Waals surface area (Å²) < 4.78 is 36.8. The van der Waals surface area contributed by atoms with E-state index < -0.39 is 23.7 Å². The van der Waals surface area contributed by atoms with E-state index in [1.807, 2.05) is 0 Å². The minimum atomic E-state index is -4.52. The number of nitrogens with one attached hydrogen (secondary N) is 1. The highest BCUT2D eigenvalue weighted by molar-refractivity contribution is 7.13. The molecule has 1 aromatic rings. The lowest BCUT2D eigenvalue weighted by Crippen LogP contribution is -2.12. The number of thiazole rings is 1. The highest BCUT2D eigenvalue weighted by Crippen LogP contribution is 2.31. The smallest absolute Gasteiger partial charge is 0.434 e. The Morgan fingerprint density at radius 2 is 1.90 bits per heavy atom. The summed E-state index contributed by atoms with van der Waals surface area (Å²) in [5.41, 5.74) is -1.03. The number of carbonyl (C=O) groups is 2. The monoisotopic (exact) mass is 310 g/mol. The zero-order valence-corrected chi connectivity index (χ0v) is 11.2. The van der Waals surface area contributed by atoms with Crippen LogP contribution in [0.4, 0.5) is 18.3 Å². The predicted octanol–water partition coefficient (Wildman–Crippen LogP) is 3.14. The van der Waals surface area contributed by atoms with Crippen LogP contribution in [0.3, 0.4) is 0 Å². The maximum atomic E-state index is 12.3. The molecule has 2 N–H and O–H groups in total. The molecule has 0 saturated carbocycles. The highest BCUT2D eigenvalue weighted by Gasteiger charge is 2.33. The van der Waals surface area contributed by atoms with Crippen molar-refractivity contribution < 1.29 is 27.9 Å². The molecule has 0 radical (unpaired) electrons. The number of halogens is 3. The summed E-state index contributed by atoms with van der Waals surface area (Å²) in [6.45, 7) is 0. The number of unbranched alkanes of at least 4 members (excludes halogenated alkanes) is 2. The topological polar surface area (TPSA) is 79.3 Å². The van der Waals surface area contributed by atoms with Gasteiger partial charge in [-0.2, -0.15) is 13.2 Å². The lowest BCUT2D eigenvalue weighted by molar-refractivity contribution is -0.140. The number of alkyl halides is 3. The fourth-order valence-corrected chi connectivity index (χ4v) is 2.12. The molecule has 0 unspecified atom stereocenters. The van der Waals surface area contributed by atoms with Crippen molar-refractivity contribution in [2.45, 2.75) is 38.3 Å². The molecule has 0 fully saturated rings. The quantitative estimate of drug-likeness (QED) is 0.758. The minimum Gasteiger partial charge on any atom is -0.481 e. The fraction of sp³-hybridized carbons (Fsp3) is 0.545. The summed E-state index contributed by atoms with van der Waals surface area (Å²) in [6, 6.07) is 0. The molecule has 0 aliphatic heterocycles. The molecule has 112 valence electrons. The van der Waals surface area contributed by atoms with Gasteiger partial charge in [-0.15, -0.1) is 11.3 Å². The second-order valence-electron chi connectivity index (χ2n) is 4.04. The van der Waals surface area contributed by atoms with E-state index in [0.717, 1.165) is 5.38 Å². The van der Waals surface area contributed by atoms with Crippen LogP contribution in [0.25, 0.3) is 0 Å². The molecule has 0 bridgehead atoms. The van der Waals surface area contributed by atoms with Crippen LogP contribution in [0.5, 0.6) is 0 Å². The molecule has 0 aliphatic rings. The summed E-state index contributed by atoms with van der Waals surface area (Å²) in [4.78, 5) is 24.9. The van der Waals surface area contributed by atoms with Gasteiger partial charge in [0.25, 0.3) is 0 Å². The van der Waals surface area contributed by atoms with Crippen LogP contribution >= 0.6 is 11.3 Å². The normalized spacial score (nSPS) is 11.3. The van der Waals surface area contributed by atoms with E-state index in [9.17, 15) is 22.8 Å². The van der Waals surface area contributed by atoms with Gasteiger partial charge in [0.15, 0.2) is 10.8 Å². The second-order valence-corrected chi connectivity index (χ2v) is 4.90. The van der Waals surface area contributed by atoms with Crippen molar-refractivity contribution in [3.05, 3.63) is 11.1 Å². The second kappa shape index (κ2) is 7.22. The van der Waals surface area contributed by atoms with Crippen molar-refractivity contribution >= 4 is 28.3 Å². The fourth-order valence-electron chi connectivity index (χ4n) is 1.38. The number of hydrogen-bond donors (Lipinski definition) is 2. The van der Waals surface area contributed by atoms with Crippen LogP contribution in [0.2, 0.25) is 0 Å². The Kier molecular flexibility index (Phi) is 5.93. The third-order valence-electron chi connectivity index (χ3n) is 2.34. The van der Waals surface area contributed by atoms with Gasteiger partial charge >= 0.3 is 12.1 Å². The largest absolute Gasteiger partial charge is 0.481 e. The number of anilines is 1. The number of carboxylic acids is 1. The Morgan fingerprint density at radius 1 is 1.25 bits per heavy atom. The molecule has 0 saturated heterocycles. The van der Waals surface area contributed by atoms with Crippen molar-refractivity contribution in [1.29, 1.82) is 0 Å². The average molecular weight is 310 g/mol. The molecule has 5 nitrogen and oxygen atoms in total. The van der Waals surface area contributed by atoms with Crippen LogP contribution in [-0.2, 0) is 15.8 Å². The van der Waals surface area contributed by atoms with E-state index in [2.05, 4.69) is 10.3 Å². The summed E-state index contributed by atoms with van der Waals surface area (Å²) in [6.07, 6.45) is -2.82. The molecule has 1 amide bonds. The summed E-state index contributed by atoms with van der Waals surface area (Å²) >= 11 is 0.712. The first-order valence-electron chi connectivity index (χ1n) is 5.83. The summed E-state index contributed by atoms with van der Waals surface area (Å²) in [7, 11) is 0. The van der Waals surface area contributed by atoms with Gasteiger partial charge in [-0.3, -0.25) is 9.59 Å². The van der Waals surface area contributed by atoms with E-state index in [1.165, 1.54) is 0 Å². The van der Waals surface area contributed by atoms with Gasteiger partial charge in [0.1, 0.15) is 0 Å². The molecule has 1 rings (SSSR count). The van der Waals surface area contributed by atoms with E-state index in [-0.39, 0.29) is 18.0 Å². The molecule has 0 aliphatic carbocycles. The third kappa shape index (κ3) is 6.00. The number of nitrogens with zero attached hydrogens (tertiary/aromatic N) is 1. The van der Waals surface area contributed by atoms with Crippen LogP contribution < -0.4 is 5.32 Å². The van der Waals surface area contributed by atoms with Gasteiger partial charge in [-0.05, 0) is 12.8 Å². The van der Waals surface area contributed by atoms with Crippen LogP contribution in [0, 0.1) is 0 Å². The molecule has 0 spiro atoms. The van der Waals surface area contributed by atoms with Gasteiger partial charge in [0, 0.05) is 18.2 Å². The lowest BCUT2D eigenvalue weighted by atomic mass is 10.1. The first-order valence-corrected chi connectivity index (χ1v) is 6.71. The minimum absolute atomic E-state index is 0.0447. The lowest BCUT2D eigenvalue weighted by Gasteiger charge is -2.02. The Balaban J connectivity index is 2.29. The molecular formula is C11H13F3N2O3S. The molecule has 9 heteroatoms. The number of carbonyl (C=O) groups excluding carboxylic acids is 1. The standard InChI is InChI=1S/C11H13F3N2O3S/c12-11(13,14)7-6-20-10(15-7)16-8(17)4-2-1-3-5-9(18)19/h6H,1-5H2,(H,18,19)(H,15,16,17). The molecule has 1 aromatic heterocycles. The molecule has 1 heterocycles. The van der Waals surface area contributed by atoms with Crippen LogP contribution in [0.15, 0.2) is 5.38 Å². The maximum Gasteiger partial charge on any atom is 0.434 e. The van der Waals surface area contributed by atoms with Gasteiger partial charge in [0.2, 0.25) is 5.91 Å². The number of hydrogen-bond acceptors (Lipinski definition) is 4. The third-order valence-corrected chi connectivity index (χ3v) is 3.09. The average Bonchev–Trinajstić information content (AvgIpc) is 2.76. The number of amides is 1. The van der Waals surface area contributed by atoms with E-state index >= 15 is 0 Å². The van der Waals surface area contributed by atoms with Crippen molar-refractivity contribution in [2.24, 2.45) is 0 Å². The SMILES string of the molecule is O=C(O)CCCCCC(=O)Nc1nc(C(F)(F)F)cs1. The molecule has 0 atom stereocenters. The maximum absolute atomic E-state index is 12.3. The van der Waals surface area contributed by atoms with Gasteiger partial charge < -0.3 is 10.4 Å². The van der Waals surface area contributed by atoms with Gasteiger partial charge in [-0.25, -0.2) is 4.98 Å². The zero-order chi connectivity index (χ0) is 15.2. The van der Waals surface area contributed by atoms with E-state index in [0.29, 0.717) is 30.6 Å². The van der Waals surface area contributed by atoms with Gasteiger partial charge in [-0.1, -0.05) is 6.42 Å². The van der Waals surface area contributed by atoms with Crippen molar-refractivity contribution in [3.8, 4) is 0 Å². The van der Waals surface area contributed by atoms with Crippen molar-refractivity contribution in [3.63, 3.8) is 0 Å².